The maximum Gasteiger partial charge on any atom is 0.226 e. The molecule has 0 spiro atoms. The van der Waals surface area contributed by atoms with Crippen molar-refractivity contribution in [2.75, 3.05) is 12.4 Å². The van der Waals surface area contributed by atoms with Gasteiger partial charge in [0.1, 0.15) is 30.0 Å². The van der Waals surface area contributed by atoms with Crippen molar-refractivity contribution in [2.24, 2.45) is 0 Å². The summed E-state index contributed by atoms with van der Waals surface area (Å²) in [6.07, 6.45) is 1.24. The number of aromatic nitrogens is 3. The molecule has 0 amide bonds. The van der Waals surface area contributed by atoms with Gasteiger partial charge in [0.25, 0.3) is 0 Å². The molecule has 2 unspecified atom stereocenters. The molecule has 33 heavy (non-hydrogen) atoms. The largest absolute Gasteiger partial charge is 0.497 e. The number of methoxy groups -OCH3 is 1. The summed E-state index contributed by atoms with van der Waals surface area (Å²) in [4.78, 5) is 4.47. The lowest BCUT2D eigenvalue weighted by Gasteiger charge is -2.39. The van der Waals surface area contributed by atoms with Crippen molar-refractivity contribution in [3.05, 3.63) is 106 Å². The van der Waals surface area contributed by atoms with E-state index in [1.165, 1.54) is 5.56 Å². The molecule has 0 saturated carbocycles. The molecule has 2 aliphatic heterocycles. The first-order valence-electron chi connectivity index (χ1n) is 10.7. The highest BCUT2D eigenvalue weighted by molar-refractivity contribution is 6.30. The third-order valence-corrected chi connectivity index (χ3v) is 6.42. The average molecular weight is 457 g/mol. The van der Waals surface area contributed by atoms with Gasteiger partial charge in [-0.1, -0.05) is 53.6 Å². The van der Waals surface area contributed by atoms with Crippen LogP contribution in [0.15, 0.2) is 78.6 Å². The molecule has 0 fully saturated rings. The van der Waals surface area contributed by atoms with Crippen LogP contribution in [0.3, 0.4) is 0 Å². The van der Waals surface area contributed by atoms with Crippen LogP contribution in [-0.2, 0) is 0 Å². The van der Waals surface area contributed by atoms with Gasteiger partial charge in [-0.25, -0.2) is 4.68 Å². The second-order valence-corrected chi connectivity index (χ2v) is 8.64. The summed E-state index contributed by atoms with van der Waals surface area (Å²) in [5.74, 6) is 2.24. The number of rotatable bonds is 3. The fraction of sp³-hybridized carbons (Fsp3) is 0.154. The fourth-order valence-corrected chi connectivity index (χ4v) is 4.74. The van der Waals surface area contributed by atoms with Crippen molar-refractivity contribution < 1.29 is 9.47 Å². The second-order valence-electron chi connectivity index (χ2n) is 8.21. The lowest BCUT2D eigenvalue weighted by atomic mass is 9.84. The molecule has 3 heterocycles. The number of aryl methyl sites for hydroxylation is 1. The fourth-order valence-electron chi connectivity index (χ4n) is 4.56. The minimum Gasteiger partial charge on any atom is -0.497 e. The Balaban J connectivity index is 1.61. The van der Waals surface area contributed by atoms with Gasteiger partial charge in [-0.15, -0.1) is 0 Å². The molecular weight excluding hydrogens is 436 g/mol. The highest BCUT2D eigenvalue weighted by Gasteiger charge is 2.41. The number of nitrogens with one attached hydrogen (secondary N) is 1. The zero-order chi connectivity index (χ0) is 22.5. The molecule has 2 aliphatic rings. The van der Waals surface area contributed by atoms with Crippen molar-refractivity contribution >= 4 is 23.2 Å². The summed E-state index contributed by atoms with van der Waals surface area (Å²) >= 11 is 6.39. The van der Waals surface area contributed by atoms with E-state index in [4.69, 9.17) is 21.1 Å². The average Bonchev–Trinajstić information content (AvgIpc) is 3.31. The predicted molar refractivity (Wildman–Crippen MR) is 128 cm³/mol. The number of hydrogen-bond acceptors (Lipinski definition) is 5. The van der Waals surface area contributed by atoms with Crippen LogP contribution in [0.4, 0.5) is 5.95 Å². The van der Waals surface area contributed by atoms with E-state index in [9.17, 15) is 0 Å². The number of nitrogens with zero attached hydrogens (tertiary/aromatic N) is 3. The smallest absolute Gasteiger partial charge is 0.226 e. The van der Waals surface area contributed by atoms with Crippen LogP contribution in [0.25, 0.3) is 5.70 Å². The van der Waals surface area contributed by atoms with Crippen LogP contribution >= 0.6 is 11.6 Å². The molecule has 0 saturated heterocycles. The molecule has 0 radical (unpaired) electrons. The Morgan fingerprint density at radius 3 is 2.52 bits per heavy atom. The summed E-state index contributed by atoms with van der Waals surface area (Å²) in [7, 11) is 1.66. The molecule has 6 nitrogen and oxygen atoms in total. The van der Waals surface area contributed by atoms with Gasteiger partial charge < -0.3 is 14.8 Å². The first-order chi connectivity index (χ1) is 16.1. The normalized spacial score (nSPS) is 18.5. The van der Waals surface area contributed by atoms with Gasteiger partial charge in [0.15, 0.2) is 0 Å². The van der Waals surface area contributed by atoms with Gasteiger partial charge in [0.05, 0.1) is 12.8 Å². The van der Waals surface area contributed by atoms with Crippen molar-refractivity contribution in [2.45, 2.75) is 19.1 Å². The van der Waals surface area contributed by atoms with Gasteiger partial charge >= 0.3 is 0 Å². The third kappa shape index (κ3) is 3.26. The number of benzene rings is 3. The molecule has 6 rings (SSSR count). The standard InChI is InChI=1S/C26H21ClN4O2/c1-15-3-5-16(6-4-15)24-22-23(30-26-28-14-29-31(24)26)20-13-18(27)9-12-21(20)33-25(22)17-7-10-19(32-2)11-8-17/h3-14,24-25H,1-2H3,(H,28,29,30). The Bertz CT molecular complexity index is 1380. The van der Waals surface area contributed by atoms with Gasteiger partial charge in [-0.2, -0.15) is 10.1 Å². The van der Waals surface area contributed by atoms with E-state index in [1.807, 2.05) is 47.1 Å². The number of halogens is 1. The molecule has 164 valence electrons. The monoisotopic (exact) mass is 456 g/mol. The summed E-state index contributed by atoms with van der Waals surface area (Å²) < 4.78 is 13.9. The quantitative estimate of drug-likeness (QED) is 0.421. The molecule has 1 N–H and O–H groups in total. The highest BCUT2D eigenvalue weighted by atomic mass is 35.5. The summed E-state index contributed by atoms with van der Waals surface area (Å²) in [5.41, 5.74) is 6.24. The van der Waals surface area contributed by atoms with Crippen molar-refractivity contribution in [3.63, 3.8) is 0 Å². The topological polar surface area (TPSA) is 61.2 Å². The molecular formula is C26H21ClN4O2. The third-order valence-electron chi connectivity index (χ3n) is 6.19. The van der Waals surface area contributed by atoms with Crippen molar-refractivity contribution in [1.82, 2.24) is 14.8 Å². The Morgan fingerprint density at radius 2 is 1.76 bits per heavy atom. The Kier molecular flexibility index (Phi) is 4.62. The molecule has 0 aliphatic carbocycles. The van der Waals surface area contributed by atoms with E-state index >= 15 is 0 Å². The highest BCUT2D eigenvalue weighted by Crippen LogP contribution is 2.51. The summed E-state index contributed by atoms with van der Waals surface area (Å²) in [6.45, 7) is 2.08. The van der Waals surface area contributed by atoms with E-state index in [0.29, 0.717) is 11.0 Å². The number of ether oxygens (including phenoxy) is 2. The molecule has 0 bridgehead atoms. The SMILES string of the molecule is COc1ccc(C2Oc3ccc(Cl)cc3C3=C2C(c2ccc(C)cc2)n2ncnc2N3)cc1. The van der Waals surface area contributed by atoms with Crippen LogP contribution < -0.4 is 14.8 Å². The zero-order valence-electron chi connectivity index (χ0n) is 18.1. The van der Waals surface area contributed by atoms with Crippen LogP contribution in [0, 0.1) is 6.92 Å². The minimum absolute atomic E-state index is 0.196. The maximum atomic E-state index is 6.62. The van der Waals surface area contributed by atoms with Gasteiger partial charge in [-0.3, -0.25) is 0 Å². The molecule has 4 aromatic rings. The molecule has 7 heteroatoms. The summed E-state index contributed by atoms with van der Waals surface area (Å²) in [6, 6.07) is 22.0. The molecule has 3 aromatic carbocycles. The number of fused-ring (bicyclic) bond motifs is 3. The van der Waals surface area contributed by atoms with Crippen molar-refractivity contribution in [1.29, 1.82) is 0 Å². The lowest BCUT2D eigenvalue weighted by molar-refractivity contribution is 0.223. The summed E-state index contributed by atoms with van der Waals surface area (Å²) in [5, 5.41) is 8.71. The molecule has 2 atom stereocenters. The number of anilines is 1. The first kappa shape index (κ1) is 19.9. The molecule has 1 aromatic heterocycles. The Morgan fingerprint density at radius 1 is 1.00 bits per heavy atom. The van der Waals surface area contributed by atoms with Crippen LogP contribution in [0.1, 0.15) is 34.4 Å². The Labute approximate surface area is 196 Å². The lowest BCUT2D eigenvalue weighted by Crippen LogP contribution is -2.32. The van der Waals surface area contributed by atoms with Gasteiger partial charge in [0.2, 0.25) is 5.95 Å². The van der Waals surface area contributed by atoms with E-state index in [2.05, 4.69) is 46.6 Å². The van der Waals surface area contributed by atoms with Crippen molar-refractivity contribution in [3.8, 4) is 11.5 Å². The van der Waals surface area contributed by atoms with Crippen LogP contribution in [0.2, 0.25) is 5.02 Å². The van der Waals surface area contributed by atoms with Crippen LogP contribution in [0.5, 0.6) is 11.5 Å². The first-order valence-corrected chi connectivity index (χ1v) is 11.1. The van der Waals surface area contributed by atoms with E-state index in [0.717, 1.165) is 39.5 Å². The van der Waals surface area contributed by atoms with E-state index < -0.39 is 0 Å². The number of hydrogen-bond donors (Lipinski definition) is 1. The van der Waals surface area contributed by atoms with E-state index in [-0.39, 0.29) is 12.1 Å². The van der Waals surface area contributed by atoms with Gasteiger partial charge in [0, 0.05) is 16.2 Å². The maximum absolute atomic E-state index is 6.62. The predicted octanol–water partition coefficient (Wildman–Crippen LogP) is 5.81. The van der Waals surface area contributed by atoms with Gasteiger partial charge in [-0.05, 0) is 48.4 Å². The van der Waals surface area contributed by atoms with E-state index in [1.54, 1.807) is 13.4 Å². The zero-order valence-corrected chi connectivity index (χ0v) is 18.9. The Hall–Kier alpha value is -3.77. The second kappa shape index (κ2) is 7.67. The van der Waals surface area contributed by atoms with Crippen LogP contribution in [-0.4, -0.2) is 21.9 Å². The minimum atomic E-state index is -0.337.